The Morgan fingerprint density at radius 3 is 2.71 bits per heavy atom. The molecular weight excluding hydrogens is 276 g/mol. The largest absolute Gasteiger partial charge is 0.378 e. The first-order valence-electron chi connectivity index (χ1n) is 6.94. The minimum Gasteiger partial charge on any atom is -0.378 e. The highest BCUT2D eigenvalue weighted by Gasteiger charge is 2.37. The number of hydrogen-bond acceptors (Lipinski definition) is 5. The van der Waals surface area contributed by atoms with Crippen LogP contribution < -0.4 is 11.2 Å². The number of aromatic nitrogens is 2. The fourth-order valence-electron chi connectivity index (χ4n) is 2.26. The summed E-state index contributed by atoms with van der Waals surface area (Å²) >= 11 is 0. The Morgan fingerprint density at radius 2 is 2.14 bits per heavy atom. The van der Waals surface area contributed by atoms with Crippen LogP contribution in [0.3, 0.4) is 0 Å². The van der Waals surface area contributed by atoms with E-state index in [0.717, 1.165) is 0 Å². The lowest BCUT2D eigenvalue weighted by Gasteiger charge is -2.24. The van der Waals surface area contributed by atoms with Gasteiger partial charge in [-0.3, -0.25) is 14.3 Å². The molecular formula is C14H22N2O5. The first kappa shape index (κ1) is 15.9. The molecule has 0 aromatic carbocycles. The van der Waals surface area contributed by atoms with Gasteiger partial charge in [0.05, 0.1) is 18.3 Å². The maximum absolute atomic E-state index is 11.8. The Bertz CT molecular complexity index is 586. The van der Waals surface area contributed by atoms with E-state index in [1.807, 2.05) is 20.8 Å². The van der Waals surface area contributed by atoms with Crippen LogP contribution in [-0.4, -0.2) is 41.1 Å². The van der Waals surface area contributed by atoms with Gasteiger partial charge in [-0.1, -0.05) is 0 Å². The quantitative estimate of drug-likeness (QED) is 0.882. The summed E-state index contributed by atoms with van der Waals surface area (Å²) in [6.45, 7) is 6.28. The second kappa shape index (κ2) is 6.13. The molecule has 1 fully saturated rings. The molecule has 0 saturated carbocycles. The van der Waals surface area contributed by atoms with Crippen molar-refractivity contribution in [3.8, 4) is 0 Å². The summed E-state index contributed by atoms with van der Waals surface area (Å²) in [4.78, 5) is 25.1. The molecule has 0 aliphatic carbocycles. The third kappa shape index (κ3) is 4.03. The fourth-order valence-corrected chi connectivity index (χ4v) is 2.26. The van der Waals surface area contributed by atoms with Gasteiger partial charge in [-0.05, 0) is 20.8 Å². The predicted octanol–water partition coefficient (Wildman–Crippen LogP) is 0.654. The molecule has 1 unspecified atom stereocenters. The van der Waals surface area contributed by atoms with Crippen LogP contribution in [0.1, 0.15) is 33.4 Å². The minimum atomic E-state index is -0.486. The summed E-state index contributed by atoms with van der Waals surface area (Å²) in [5.41, 5.74) is -1.18. The summed E-state index contributed by atoms with van der Waals surface area (Å²) in [5, 5.41) is 0. The number of rotatable bonds is 4. The van der Waals surface area contributed by atoms with Crippen LogP contribution in [0.25, 0.3) is 0 Å². The van der Waals surface area contributed by atoms with Crippen LogP contribution in [0.5, 0.6) is 0 Å². The van der Waals surface area contributed by atoms with Gasteiger partial charge < -0.3 is 14.2 Å². The van der Waals surface area contributed by atoms with Crippen molar-refractivity contribution in [3.63, 3.8) is 0 Å². The van der Waals surface area contributed by atoms with Crippen molar-refractivity contribution in [1.82, 2.24) is 9.55 Å². The molecule has 0 radical (unpaired) electrons. The summed E-state index contributed by atoms with van der Waals surface area (Å²) in [6.07, 6.45) is 1.09. The fraction of sp³-hybridized carbons (Fsp3) is 0.714. The predicted molar refractivity (Wildman–Crippen MR) is 76.4 cm³/mol. The first-order valence-corrected chi connectivity index (χ1v) is 6.94. The van der Waals surface area contributed by atoms with Crippen molar-refractivity contribution >= 4 is 0 Å². The summed E-state index contributed by atoms with van der Waals surface area (Å²) in [6, 6.07) is 1.30. The van der Waals surface area contributed by atoms with Gasteiger partial charge in [-0.15, -0.1) is 0 Å². The zero-order chi connectivity index (χ0) is 15.6. The summed E-state index contributed by atoms with van der Waals surface area (Å²) < 4.78 is 18.4. The summed E-state index contributed by atoms with van der Waals surface area (Å²) in [7, 11) is 1.61. The topological polar surface area (TPSA) is 82.6 Å². The maximum atomic E-state index is 11.8. The Labute approximate surface area is 122 Å². The zero-order valence-corrected chi connectivity index (χ0v) is 12.8. The average Bonchev–Trinajstić information content (AvgIpc) is 2.78. The molecule has 3 atom stereocenters. The van der Waals surface area contributed by atoms with E-state index in [4.69, 9.17) is 14.2 Å². The number of aromatic amines is 1. The number of ether oxygens (including phenoxy) is 3. The molecule has 0 amide bonds. The lowest BCUT2D eigenvalue weighted by atomic mass is 10.1. The molecule has 21 heavy (non-hydrogen) atoms. The molecule has 7 nitrogen and oxygen atoms in total. The van der Waals surface area contributed by atoms with Crippen molar-refractivity contribution < 1.29 is 14.2 Å². The van der Waals surface area contributed by atoms with E-state index >= 15 is 0 Å². The van der Waals surface area contributed by atoms with Gasteiger partial charge in [0.25, 0.3) is 5.56 Å². The van der Waals surface area contributed by atoms with Gasteiger partial charge in [0, 0.05) is 25.8 Å². The van der Waals surface area contributed by atoms with E-state index in [1.165, 1.54) is 16.8 Å². The molecule has 0 bridgehead atoms. The number of H-pyrrole nitrogens is 1. The van der Waals surface area contributed by atoms with Gasteiger partial charge in [-0.2, -0.15) is 0 Å². The van der Waals surface area contributed by atoms with E-state index in [1.54, 1.807) is 7.11 Å². The van der Waals surface area contributed by atoms with Crippen molar-refractivity contribution in [3.05, 3.63) is 33.1 Å². The number of nitrogens with one attached hydrogen (secondary N) is 1. The van der Waals surface area contributed by atoms with Crippen molar-refractivity contribution in [2.45, 2.75) is 51.2 Å². The minimum absolute atomic E-state index is 0.156. The normalized spacial score (nSPS) is 26.2. The molecule has 1 N–H and O–H groups in total. The van der Waals surface area contributed by atoms with Gasteiger partial charge in [0.15, 0.2) is 0 Å². The Morgan fingerprint density at radius 1 is 1.43 bits per heavy atom. The SMILES string of the molecule is COC1C[C@H](n2ccc(=O)[nH]c2=O)O[C@@H]1COC(C)(C)C. The van der Waals surface area contributed by atoms with Gasteiger partial charge in [-0.25, -0.2) is 4.79 Å². The highest BCUT2D eigenvalue weighted by molar-refractivity contribution is 4.89. The van der Waals surface area contributed by atoms with Crippen LogP contribution in [0, 0.1) is 0 Å². The maximum Gasteiger partial charge on any atom is 0.330 e. The molecule has 118 valence electrons. The lowest BCUT2D eigenvalue weighted by molar-refractivity contribution is -0.104. The lowest BCUT2D eigenvalue weighted by Crippen LogP contribution is -2.33. The van der Waals surface area contributed by atoms with Gasteiger partial charge >= 0.3 is 5.69 Å². The average molecular weight is 298 g/mol. The van der Waals surface area contributed by atoms with E-state index in [-0.39, 0.29) is 17.8 Å². The number of nitrogens with zero attached hydrogens (tertiary/aromatic N) is 1. The first-order chi connectivity index (χ1) is 9.80. The molecule has 1 aliphatic heterocycles. The molecule has 1 aliphatic rings. The highest BCUT2D eigenvalue weighted by atomic mass is 16.6. The second-order valence-electron chi connectivity index (χ2n) is 6.08. The van der Waals surface area contributed by atoms with Crippen LogP contribution in [0.4, 0.5) is 0 Å². The van der Waals surface area contributed by atoms with E-state index < -0.39 is 17.5 Å². The van der Waals surface area contributed by atoms with Crippen molar-refractivity contribution in [2.75, 3.05) is 13.7 Å². The van der Waals surface area contributed by atoms with E-state index in [2.05, 4.69) is 4.98 Å². The smallest absolute Gasteiger partial charge is 0.330 e. The molecule has 2 heterocycles. The second-order valence-corrected chi connectivity index (χ2v) is 6.08. The number of methoxy groups -OCH3 is 1. The highest BCUT2D eigenvalue weighted by Crippen LogP contribution is 2.30. The van der Waals surface area contributed by atoms with Crippen LogP contribution in [-0.2, 0) is 14.2 Å². The Balaban J connectivity index is 2.11. The van der Waals surface area contributed by atoms with E-state index in [0.29, 0.717) is 13.0 Å². The molecule has 7 heteroatoms. The van der Waals surface area contributed by atoms with Crippen LogP contribution in [0.15, 0.2) is 21.9 Å². The standard InChI is InChI=1S/C14H22N2O5/c1-14(2,3)20-8-10-9(19-4)7-12(21-10)16-6-5-11(17)15-13(16)18/h5-6,9-10,12H,7-8H2,1-4H3,(H,15,17,18)/t9?,10-,12-/m1/s1. The molecule has 0 spiro atoms. The van der Waals surface area contributed by atoms with Crippen LogP contribution >= 0.6 is 0 Å². The molecule has 2 rings (SSSR count). The monoisotopic (exact) mass is 298 g/mol. The molecule has 1 aromatic rings. The zero-order valence-electron chi connectivity index (χ0n) is 12.8. The van der Waals surface area contributed by atoms with E-state index in [9.17, 15) is 9.59 Å². The van der Waals surface area contributed by atoms with Gasteiger partial charge in [0.2, 0.25) is 0 Å². The van der Waals surface area contributed by atoms with Crippen LogP contribution in [0.2, 0.25) is 0 Å². The third-order valence-electron chi connectivity index (χ3n) is 3.33. The summed E-state index contributed by atoms with van der Waals surface area (Å²) in [5.74, 6) is 0. The molecule has 1 aromatic heterocycles. The Kier molecular flexibility index (Phi) is 4.65. The number of hydrogen-bond donors (Lipinski definition) is 1. The third-order valence-corrected chi connectivity index (χ3v) is 3.33. The van der Waals surface area contributed by atoms with Crippen molar-refractivity contribution in [1.29, 1.82) is 0 Å². The van der Waals surface area contributed by atoms with Crippen molar-refractivity contribution in [2.24, 2.45) is 0 Å². The Hall–Kier alpha value is -1.44. The molecule has 1 saturated heterocycles. The van der Waals surface area contributed by atoms with Gasteiger partial charge in [0.1, 0.15) is 12.3 Å².